The van der Waals surface area contributed by atoms with Crippen molar-refractivity contribution in [1.29, 1.82) is 0 Å². The Labute approximate surface area is 174 Å². The van der Waals surface area contributed by atoms with Crippen molar-refractivity contribution in [1.82, 2.24) is 10.6 Å². The number of halogens is 1. The highest BCUT2D eigenvalue weighted by atomic mass is 19.1. The van der Waals surface area contributed by atoms with E-state index in [1.165, 1.54) is 19.1 Å². The van der Waals surface area contributed by atoms with Crippen molar-refractivity contribution in [2.45, 2.75) is 25.8 Å². The fraction of sp³-hybridized carbons (Fsp3) is 0.318. The third-order valence-corrected chi connectivity index (χ3v) is 4.63. The van der Waals surface area contributed by atoms with Crippen LogP contribution in [0.1, 0.15) is 30.5 Å². The van der Waals surface area contributed by atoms with E-state index < -0.39 is 17.9 Å². The van der Waals surface area contributed by atoms with Crippen molar-refractivity contribution in [3.05, 3.63) is 65.5 Å². The first-order valence-electron chi connectivity index (χ1n) is 9.50. The number of ether oxygens (including phenoxy) is 1. The van der Waals surface area contributed by atoms with Crippen molar-refractivity contribution in [3.8, 4) is 5.75 Å². The highest BCUT2D eigenvalue weighted by molar-refractivity contribution is 5.81. The van der Waals surface area contributed by atoms with Crippen molar-refractivity contribution >= 4 is 17.7 Å². The Balaban J connectivity index is 1.99. The number of rotatable bonds is 10. The van der Waals surface area contributed by atoms with Crippen LogP contribution in [0.3, 0.4) is 0 Å². The van der Waals surface area contributed by atoms with Gasteiger partial charge in [-0.2, -0.15) is 0 Å². The summed E-state index contributed by atoms with van der Waals surface area (Å²) in [6, 6.07) is 12.3. The molecule has 0 heterocycles. The molecule has 2 atom stereocenters. The van der Waals surface area contributed by atoms with Gasteiger partial charge in [0.1, 0.15) is 11.6 Å². The summed E-state index contributed by atoms with van der Waals surface area (Å²) in [7, 11) is 1.55. The molecular formula is C22H26FN3O4. The normalized spacial score (nSPS) is 12.5. The van der Waals surface area contributed by atoms with Crippen molar-refractivity contribution in [2.75, 3.05) is 13.7 Å². The summed E-state index contributed by atoms with van der Waals surface area (Å²) in [6.07, 6.45) is 0.275. The Bertz CT molecular complexity index is 869. The quantitative estimate of drug-likeness (QED) is 0.550. The molecule has 2 aromatic rings. The van der Waals surface area contributed by atoms with Crippen molar-refractivity contribution < 1.29 is 23.5 Å². The van der Waals surface area contributed by atoms with Crippen LogP contribution in [-0.2, 0) is 20.8 Å². The second kappa shape index (κ2) is 10.9. The molecule has 2 aromatic carbocycles. The monoisotopic (exact) mass is 415 g/mol. The van der Waals surface area contributed by atoms with Gasteiger partial charge in [0.25, 0.3) is 0 Å². The summed E-state index contributed by atoms with van der Waals surface area (Å²) in [5.41, 5.74) is 6.94. The van der Waals surface area contributed by atoms with Crippen LogP contribution < -0.4 is 21.1 Å². The smallest absolute Gasteiger partial charge is 0.222 e. The van der Waals surface area contributed by atoms with Crippen molar-refractivity contribution in [3.63, 3.8) is 0 Å². The summed E-state index contributed by atoms with van der Waals surface area (Å²) in [6.45, 7) is 1.42. The summed E-state index contributed by atoms with van der Waals surface area (Å²) < 4.78 is 18.2. The van der Waals surface area contributed by atoms with Crippen LogP contribution in [0.25, 0.3) is 0 Å². The molecule has 0 aliphatic heterocycles. The van der Waals surface area contributed by atoms with Gasteiger partial charge in [-0.15, -0.1) is 0 Å². The first kappa shape index (κ1) is 22.9. The molecule has 0 aliphatic carbocycles. The van der Waals surface area contributed by atoms with Gasteiger partial charge < -0.3 is 21.1 Å². The summed E-state index contributed by atoms with van der Waals surface area (Å²) in [5.74, 6) is -1.52. The lowest BCUT2D eigenvalue weighted by molar-refractivity contribution is -0.123. The highest BCUT2D eigenvalue weighted by Crippen LogP contribution is 2.20. The molecule has 0 radical (unpaired) electrons. The van der Waals surface area contributed by atoms with Crippen LogP contribution >= 0.6 is 0 Å². The molecule has 4 N–H and O–H groups in total. The molecule has 0 aromatic heterocycles. The molecule has 30 heavy (non-hydrogen) atoms. The highest BCUT2D eigenvalue weighted by Gasteiger charge is 2.20. The number of carbonyl (C=O) groups is 3. The van der Waals surface area contributed by atoms with Gasteiger partial charge in [-0.3, -0.25) is 14.4 Å². The zero-order chi connectivity index (χ0) is 22.1. The van der Waals surface area contributed by atoms with Crippen LogP contribution in [0.4, 0.5) is 4.39 Å². The standard InChI is InChI=1S/C22H26FN3O4/c1-14(27)26-20(16-5-9-19(30-2)10-6-16)12-21(28)25-13-17(22(24)29)11-15-3-7-18(23)8-4-15/h3-10,17,20H,11-13H2,1-2H3,(H2,24,29)(H,25,28)(H,26,27). The van der Waals surface area contributed by atoms with Gasteiger partial charge in [0, 0.05) is 13.5 Å². The predicted molar refractivity (Wildman–Crippen MR) is 110 cm³/mol. The maximum atomic E-state index is 13.0. The molecule has 3 amide bonds. The van der Waals surface area contributed by atoms with Crippen LogP contribution in [0.15, 0.2) is 48.5 Å². The number of hydrogen-bond acceptors (Lipinski definition) is 4. The number of hydrogen-bond donors (Lipinski definition) is 3. The Kier molecular flexibility index (Phi) is 8.34. The van der Waals surface area contributed by atoms with E-state index in [1.54, 1.807) is 43.5 Å². The molecule has 0 aliphatic rings. The first-order chi connectivity index (χ1) is 14.3. The van der Waals surface area contributed by atoms with Gasteiger partial charge in [0.2, 0.25) is 17.7 Å². The maximum Gasteiger partial charge on any atom is 0.222 e. The molecule has 7 nitrogen and oxygen atoms in total. The number of nitrogens with two attached hydrogens (primary N) is 1. The van der Waals surface area contributed by atoms with E-state index >= 15 is 0 Å². The predicted octanol–water partition coefficient (Wildman–Crippen LogP) is 1.86. The van der Waals surface area contributed by atoms with E-state index in [2.05, 4.69) is 10.6 Å². The molecule has 160 valence electrons. The average molecular weight is 415 g/mol. The van der Waals surface area contributed by atoms with Gasteiger partial charge in [0.15, 0.2) is 0 Å². The van der Waals surface area contributed by atoms with Gasteiger partial charge in [-0.25, -0.2) is 4.39 Å². The number of methoxy groups -OCH3 is 1. The Morgan fingerprint density at radius 2 is 1.70 bits per heavy atom. The summed E-state index contributed by atoms with van der Waals surface area (Å²) >= 11 is 0. The van der Waals surface area contributed by atoms with E-state index in [4.69, 9.17) is 10.5 Å². The zero-order valence-electron chi connectivity index (χ0n) is 17.0. The van der Waals surface area contributed by atoms with E-state index in [0.717, 1.165) is 11.1 Å². The number of benzene rings is 2. The zero-order valence-corrected chi connectivity index (χ0v) is 17.0. The topological polar surface area (TPSA) is 111 Å². The molecule has 2 rings (SSSR count). The Hall–Kier alpha value is -3.42. The summed E-state index contributed by atoms with van der Waals surface area (Å²) in [5, 5.41) is 5.45. The van der Waals surface area contributed by atoms with Gasteiger partial charge in [-0.05, 0) is 41.8 Å². The molecule has 0 saturated heterocycles. The summed E-state index contributed by atoms with van der Waals surface area (Å²) in [4.78, 5) is 35.8. The van der Waals surface area contributed by atoms with E-state index in [0.29, 0.717) is 5.75 Å². The lowest BCUT2D eigenvalue weighted by atomic mass is 9.98. The Morgan fingerprint density at radius 3 is 2.23 bits per heavy atom. The van der Waals surface area contributed by atoms with Gasteiger partial charge >= 0.3 is 0 Å². The second-order valence-electron chi connectivity index (χ2n) is 6.96. The minimum absolute atomic E-state index is 0.00601. The molecule has 0 bridgehead atoms. The maximum absolute atomic E-state index is 13.0. The fourth-order valence-corrected chi connectivity index (χ4v) is 3.01. The van der Waals surface area contributed by atoms with Crippen LogP contribution in [0.5, 0.6) is 5.75 Å². The third-order valence-electron chi connectivity index (χ3n) is 4.63. The third kappa shape index (κ3) is 7.20. The molecule has 0 saturated carbocycles. The van der Waals surface area contributed by atoms with E-state index in [9.17, 15) is 18.8 Å². The molecule has 8 heteroatoms. The number of amides is 3. The van der Waals surface area contributed by atoms with Crippen LogP contribution in [0, 0.1) is 11.7 Å². The fourth-order valence-electron chi connectivity index (χ4n) is 3.01. The number of nitrogens with one attached hydrogen (secondary N) is 2. The lowest BCUT2D eigenvalue weighted by Crippen LogP contribution is -2.39. The minimum Gasteiger partial charge on any atom is -0.497 e. The SMILES string of the molecule is COc1ccc(C(CC(=O)NCC(Cc2ccc(F)cc2)C(N)=O)NC(C)=O)cc1. The number of primary amides is 1. The molecular weight excluding hydrogens is 389 g/mol. The lowest BCUT2D eigenvalue weighted by Gasteiger charge is -2.20. The van der Waals surface area contributed by atoms with E-state index in [1.807, 2.05) is 0 Å². The van der Waals surface area contributed by atoms with E-state index in [-0.39, 0.29) is 37.0 Å². The molecule has 0 fully saturated rings. The Morgan fingerprint density at radius 1 is 1.07 bits per heavy atom. The van der Waals surface area contributed by atoms with Gasteiger partial charge in [0.05, 0.1) is 25.5 Å². The molecule has 0 spiro atoms. The van der Waals surface area contributed by atoms with Crippen molar-refractivity contribution in [2.24, 2.45) is 11.7 Å². The first-order valence-corrected chi connectivity index (χ1v) is 9.50. The van der Waals surface area contributed by atoms with Gasteiger partial charge in [-0.1, -0.05) is 24.3 Å². The minimum atomic E-state index is -0.639. The second-order valence-corrected chi connectivity index (χ2v) is 6.96. The average Bonchev–Trinajstić information content (AvgIpc) is 2.71. The largest absolute Gasteiger partial charge is 0.497 e. The van der Waals surface area contributed by atoms with Crippen LogP contribution in [-0.4, -0.2) is 31.4 Å². The van der Waals surface area contributed by atoms with Crippen LogP contribution in [0.2, 0.25) is 0 Å². The molecule has 2 unspecified atom stereocenters. The number of carbonyl (C=O) groups excluding carboxylic acids is 3.